The molecule has 0 amide bonds. The van der Waals surface area contributed by atoms with Gasteiger partial charge >= 0.3 is 0 Å². The molecule has 8 rings (SSSR count). The van der Waals surface area contributed by atoms with E-state index in [0.717, 1.165) is 58.4 Å². The van der Waals surface area contributed by atoms with Crippen molar-refractivity contribution >= 4 is 27.5 Å². The Hall–Kier alpha value is -3.84. The maximum Gasteiger partial charge on any atom is 0.188 e. The van der Waals surface area contributed by atoms with Crippen molar-refractivity contribution in [3.63, 3.8) is 0 Å². The lowest BCUT2D eigenvalue weighted by Crippen LogP contribution is -2.38. The molecule has 4 fully saturated rings. The number of anilines is 1. The normalized spacial score (nSPS) is 21.7. The Balaban J connectivity index is 1.18. The molecule has 2 aliphatic carbocycles. The van der Waals surface area contributed by atoms with Crippen molar-refractivity contribution in [2.24, 2.45) is 23.2 Å². The van der Waals surface area contributed by atoms with Crippen LogP contribution in [0.1, 0.15) is 69.2 Å². The number of nitrogens with zero attached hydrogens (tertiary/aromatic N) is 4. The highest BCUT2D eigenvalue weighted by atomic mass is 19.1. The number of halogens is 2. The van der Waals surface area contributed by atoms with Gasteiger partial charge in [-0.2, -0.15) is 0 Å². The van der Waals surface area contributed by atoms with Crippen molar-refractivity contribution < 1.29 is 23.4 Å². The van der Waals surface area contributed by atoms with Crippen LogP contribution in [0.15, 0.2) is 36.4 Å². The summed E-state index contributed by atoms with van der Waals surface area (Å²) >= 11 is 0. The molecule has 1 aromatic heterocycles. The van der Waals surface area contributed by atoms with Gasteiger partial charge < -0.3 is 24.4 Å². The SMILES string of the molecule is C#Cc1cccc2cc(OCOC)cc(-c3c(F)cc4c(N5CC6CCC(C6)C5)nc(CCC5(CN6CCC(CCO)CC6)CC5)nc4c3F)c12. The molecule has 0 radical (unpaired) electrons. The Labute approximate surface area is 299 Å². The van der Waals surface area contributed by atoms with Crippen molar-refractivity contribution in [1.29, 1.82) is 0 Å². The van der Waals surface area contributed by atoms with E-state index in [9.17, 15) is 5.11 Å². The number of benzene rings is 3. The number of methoxy groups -OCH3 is 1. The Kier molecular flexibility index (Phi) is 9.60. The summed E-state index contributed by atoms with van der Waals surface area (Å²) < 4.78 is 44.7. The highest BCUT2D eigenvalue weighted by Crippen LogP contribution is 2.51. The standard InChI is InChI=1S/C42H48F2N4O3/c1-3-30-5-4-6-31-20-32(51-26-50-2)21-33(37(30)31)38-35(43)22-34-40(39(38)44)45-36(46-41(34)48-23-28-7-8-29(19-28)24-48)9-13-42(14-15-42)25-47-16-10-27(11-17-47)12-18-49/h1,4-6,20-22,27-29,49H,7-19,23-26H2,2H3. The zero-order valence-corrected chi connectivity index (χ0v) is 29.6. The molecule has 4 aliphatic rings. The van der Waals surface area contributed by atoms with Crippen molar-refractivity contribution in [1.82, 2.24) is 14.9 Å². The highest BCUT2D eigenvalue weighted by Gasteiger charge is 2.44. The topological polar surface area (TPSA) is 71.0 Å². The third-order valence-electron chi connectivity index (χ3n) is 12.2. The second kappa shape index (κ2) is 14.3. The minimum atomic E-state index is -0.709. The minimum absolute atomic E-state index is 0.0102. The maximum atomic E-state index is 17.2. The van der Waals surface area contributed by atoms with E-state index in [4.69, 9.17) is 25.9 Å². The lowest BCUT2D eigenvalue weighted by atomic mass is 9.92. The molecule has 2 saturated carbocycles. The van der Waals surface area contributed by atoms with E-state index in [1.807, 2.05) is 18.2 Å². The zero-order valence-electron chi connectivity index (χ0n) is 29.6. The predicted molar refractivity (Wildman–Crippen MR) is 197 cm³/mol. The van der Waals surface area contributed by atoms with Crippen LogP contribution in [0, 0.1) is 47.1 Å². The van der Waals surface area contributed by atoms with Crippen LogP contribution in [-0.4, -0.2) is 73.2 Å². The molecule has 2 aliphatic heterocycles. The molecule has 2 atom stereocenters. The third kappa shape index (κ3) is 6.91. The van der Waals surface area contributed by atoms with Gasteiger partial charge in [-0.3, -0.25) is 0 Å². The third-order valence-corrected chi connectivity index (χ3v) is 12.2. The van der Waals surface area contributed by atoms with Gasteiger partial charge in [0.15, 0.2) is 12.6 Å². The van der Waals surface area contributed by atoms with Crippen molar-refractivity contribution in [2.45, 2.75) is 64.2 Å². The first-order valence-corrected chi connectivity index (χ1v) is 18.8. The molecule has 1 N–H and O–H groups in total. The van der Waals surface area contributed by atoms with Crippen molar-refractivity contribution in [3.05, 3.63) is 59.4 Å². The van der Waals surface area contributed by atoms with Gasteiger partial charge in [0.1, 0.15) is 28.7 Å². The van der Waals surface area contributed by atoms with Crippen LogP contribution in [0.3, 0.4) is 0 Å². The van der Waals surface area contributed by atoms with E-state index in [-0.39, 0.29) is 29.9 Å². The van der Waals surface area contributed by atoms with E-state index in [1.165, 1.54) is 45.3 Å². The molecule has 51 heavy (non-hydrogen) atoms. The summed E-state index contributed by atoms with van der Waals surface area (Å²) in [4.78, 5) is 14.9. The van der Waals surface area contributed by atoms with Crippen LogP contribution in [0.5, 0.6) is 5.75 Å². The Bertz CT molecular complexity index is 1950. The van der Waals surface area contributed by atoms with Crippen LogP contribution in [-0.2, 0) is 11.2 Å². The molecule has 268 valence electrons. The maximum absolute atomic E-state index is 17.2. The summed E-state index contributed by atoms with van der Waals surface area (Å²) in [5.41, 5.74) is 1.07. The molecule has 9 heteroatoms. The van der Waals surface area contributed by atoms with E-state index >= 15 is 8.78 Å². The molecular formula is C42H48F2N4O3. The number of terminal acetylenes is 1. The number of aryl methyl sites for hydroxylation is 1. The van der Waals surface area contributed by atoms with Gasteiger partial charge in [-0.1, -0.05) is 18.1 Å². The summed E-state index contributed by atoms with van der Waals surface area (Å²) in [7, 11) is 1.53. The highest BCUT2D eigenvalue weighted by molar-refractivity contribution is 6.04. The first-order valence-electron chi connectivity index (χ1n) is 18.8. The molecule has 2 saturated heterocycles. The summed E-state index contributed by atoms with van der Waals surface area (Å²) in [6.45, 7) is 5.17. The summed E-state index contributed by atoms with van der Waals surface area (Å²) in [5.74, 6) is 4.78. The smallest absolute Gasteiger partial charge is 0.188 e. The molecule has 2 unspecified atom stereocenters. The number of ether oxygens (including phenoxy) is 2. The lowest BCUT2D eigenvalue weighted by molar-refractivity contribution is 0.0512. The number of piperidine rings is 2. The van der Waals surface area contributed by atoms with Gasteiger partial charge in [0.2, 0.25) is 0 Å². The van der Waals surface area contributed by atoms with E-state index < -0.39 is 11.6 Å². The fraction of sp³-hybridized carbons (Fsp3) is 0.524. The number of hydrogen-bond donors (Lipinski definition) is 1. The number of aliphatic hydroxyl groups excluding tert-OH is 1. The van der Waals surface area contributed by atoms with Gasteiger partial charge in [0.05, 0.1) is 5.56 Å². The van der Waals surface area contributed by atoms with E-state index in [1.54, 1.807) is 12.1 Å². The second-order valence-corrected chi connectivity index (χ2v) is 15.7. The number of hydrogen-bond acceptors (Lipinski definition) is 7. The quantitative estimate of drug-likeness (QED) is 0.120. The van der Waals surface area contributed by atoms with E-state index in [0.29, 0.717) is 68.9 Å². The first kappa shape index (κ1) is 34.3. The fourth-order valence-corrected chi connectivity index (χ4v) is 9.26. The number of fused-ring (bicyclic) bond motifs is 4. The van der Waals surface area contributed by atoms with Gasteiger partial charge in [0, 0.05) is 61.7 Å². The molecule has 7 nitrogen and oxygen atoms in total. The first-order chi connectivity index (χ1) is 24.9. The van der Waals surface area contributed by atoms with Gasteiger partial charge in [-0.05, 0) is 124 Å². The number of likely N-dealkylation sites (tertiary alicyclic amines) is 1. The Morgan fingerprint density at radius 3 is 2.53 bits per heavy atom. The van der Waals surface area contributed by atoms with Crippen molar-refractivity contribution in [3.8, 4) is 29.2 Å². The predicted octanol–water partition coefficient (Wildman–Crippen LogP) is 7.74. The van der Waals surface area contributed by atoms with Crippen LogP contribution >= 0.6 is 0 Å². The van der Waals surface area contributed by atoms with Crippen LogP contribution in [0.2, 0.25) is 0 Å². The van der Waals surface area contributed by atoms with Gasteiger partial charge in [0.25, 0.3) is 0 Å². The lowest BCUT2D eigenvalue weighted by Gasteiger charge is -2.34. The summed E-state index contributed by atoms with van der Waals surface area (Å²) in [6, 6.07) is 10.4. The largest absolute Gasteiger partial charge is 0.468 e. The number of aromatic nitrogens is 2. The monoisotopic (exact) mass is 694 g/mol. The second-order valence-electron chi connectivity index (χ2n) is 15.7. The molecular weight excluding hydrogens is 646 g/mol. The van der Waals surface area contributed by atoms with E-state index in [2.05, 4.69) is 15.7 Å². The number of rotatable bonds is 12. The Morgan fingerprint density at radius 2 is 1.82 bits per heavy atom. The Morgan fingerprint density at radius 1 is 1.04 bits per heavy atom. The molecule has 0 spiro atoms. The number of aliphatic hydroxyl groups is 1. The average Bonchev–Trinajstić information content (AvgIpc) is 3.83. The minimum Gasteiger partial charge on any atom is -0.468 e. The van der Waals surface area contributed by atoms with Crippen molar-refractivity contribution in [2.75, 3.05) is 58.1 Å². The molecule has 3 aromatic carbocycles. The van der Waals surface area contributed by atoms with Crippen LogP contribution in [0.4, 0.5) is 14.6 Å². The molecule has 3 heterocycles. The van der Waals surface area contributed by atoms with Crippen LogP contribution in [0.25, 0.3) is 32.8 Å². The summed E-state index contributed by atoms with van der Waals surface area (Å²) in [6.07, 6.45) is 16.6. The average molecular weight is 695 g/mol. The van der Waals surface area contributed by atoms with Gasteiger partial charge in [-0.15, -0.1) is 6.42 Å². The molecule has 2 bridgehead atoms. The summed E-state index contributed by atoms with van der Waals surface area (Å²) in [5, 5.41) is 11.1. The molecule has 4 aromatic rings. The zero-order chi connectivity index (χ0) is 35.1. The fourth-order valence-electron chi connectivity index (χ4n) is 9.26. The van der Waals surface area contributed by atoms with Gasteiger partial charge in [-0.25, -0.2) is 18.7 Å². The van der Waals surface area contributed by atoms with Crippen LogP contribution < -0.4 is 9.64 Å².